The second-order valence-electron chi connectivity index (χ2n) is 4.91. The van der Waals surface area contributed by atoms with Crippen LogP contribution >= 0.6 is 0 Å². The first-order valence-electron chi connectivity index (χ1n) is 6.86. The molecule has 8 heteroatoms. The molecule has 8 nitrogen and oxygen atoms in total. The lowest BCUT2D eigenvalue weighted by molar-refractivity contribution is -0.385. The zero-order valence-corrected chi connectivity index (χ0v) is 12.2. The van der Waals surface area contributed by atoms with Crippen LogP contribution in [0.2, 0.25) is 0 Å². The lowest BCUT2D eigenvalue weighted by Crippen LogP contribution is -1.92. The van der Waals surface area contributed by atoms with Crippen LogP contribution in [0.4, 0.5) is 11.4 Å². The maximum Gasteiger partial charge on any atom is 0.270 e. The number of rotatable bonds is 4. The molecule has 1 heterocycles. The van der Waals surface area contributed by atoms with Gasteiger partial charge in [-0.3, -0.25) is 20.2 Å². The number of hydrogen-bond donors (Lipinski definition) is 0. The molecule has 0 amide bonds. The van der Waals surface area contributed by atoms with Crippen molar-refractivity contribution in [3.05, 3.63) is 81.2 Å². The van der Waals surface area contributed by atoms with E-state index in [2.05, 4.69) is 9.97 Å². The summed E-state index contributed by atoms with van der Waals surface area (Å²) in [6.07, 6.45) is 3.12. The molecule has 0 unspecified atom stereocenters. The van der Waals surface area contributed by atoms with E-state index in [9.17, 15) is 20.2 Å². The highest BCUT2D eigenvalue weighted by Crippen LogP contribution is 2.24. The Kier molecular flexibility index (Phi) is 3.94. The van der Waals surface area contributed by atoms with Crippen LogP contribution < -0.4 is 0 Å². The van der Waals surface area contributed by atoms with Crippen LogP contribution in [0.5, 0.6) is 0 Å². The second-order valence-corrected chi connectivity index (χ2v) is 4.91. The molecule has 0 aliphatic heterocycles. The van der Waals surface area contributed by atoms with Gasteiger partial charge in [-0.1, -0.05) is 12.1 Å². The summed E-state index contributed by atoms with van der Waals surface area (Å²) in [5.41, 5.74) is 1.91. The standard InChI is InChI=1S/C16H10N4O4/c21-19(22)14-6-4-11(5-7-14)16-17-9-13(10-18-16)12-2-1-3-15(8-12)20(23)24/h1-10H. The average molecular weight is 322 g/mol. The Labute approximate surface area is 135 Å². The quantitative estimate of drug-likeness (QED) is 0.535. The van der Waals surface area contributed by atoms with Gasteiger partial charge in [0.15, 0.2) is 5.82 Å². The number of nitro benzene ring substituents is 2. The third kappa shape index (κ3) is 3.07. The lowest BCUT2D eigenvalue weighted by Gasteiger charge is -2.03. The minimum Gasteiger partial charge on any atom is -0.258 e. The van der Waals surface area contributed by atoms with Crippen LogP contribution in [-0.4, -0.2) is 19.8 Å². The van der Waals surface area contributed by atoms with Gasteiger partial charge in [0.2, 0.25) is 0 Å². The van der Waals surface area contributed by atoms with E-state index in [0.29, 0.717) is 22.5 Å². The molecule has 2 aromatic carbocycles. The molecule has 0 radical (unpaired) electrons. The fourth-order valence-corrected chi connectivity index (χ4v) is 2.16. The first-order valence-corrected chi connectivity index (χ1v) is 6.86. The zero-order valence-electron chi connectivity index (χ0n) is 12.2. The summed E-state index contributed by atoms with van der Waals surface area (Å²) in [5, 5.41) is 21.5. The van der Waals surface area contributed by atoms with Crippen molar-refractivity contribution in [1.82, 2.24) is 9.97 Å². The van der Waals surface area contributed by atoms with Crippen LogP contribution in [0.3, 0.4) is 0 Å². The molecule has 0 spiro atoms. The van der Waals surface area contributed by atoms with Crippen LogP contribution in [0.15, 0.2) is 60.9 Å². The number of non-ortho nitro benzene ring substituents is 2. The maximum absolute atomic E-state index is 10.8. The summed E-state index contributed by atoms with van der Waals surface area (Å²) in [4.78, 5) is 29.0. The minimum atomic E-state index is -0.476. The lowest BCUT2D eigenvalue weighted by atomic mass is 10.1. The predicted octanol–water partition coefficient (Wildman–Crippen LogP) is 3.63. The van der Waals surface area contributed by atoms with Gasteiger partial charge in [0.05, 0.1) is 9.85 Å². The van der Waals surface area contributed by atoms with Gasteiger partial charge in [0.1, 0.15) is 0 Å². The van der Waals surface area contributed by atoms with Crippen molar-refractivity contribution in [3.63, 3.8) is 0 Å². The maximum atomic E-state index is 10.8. The first kappa shape index (κ1) is 15.2. The van der Waals surface area contributed by atoms with Gasteiger partial charge in [-0.05, 0) is 17.7 Å². The first-order chi connectivity index (χ1) is 11.5. The number of aromatic nitrogens is 2. The SMILES string of the molecule is O=[N+]([O-])c1ccc(-c2ncc(-c3cccc([N+](=O)[O-])c3)cn2)cc1. The highest BCUT2D eigenvalue weighted by atomic mass is 16.6. The number of nitro groups is 2. The molecule has 0 N–H and O–H groups in total. The topological polar surface area (TPSA) is 112 Å². The molecule has 0 aliphatic carbocycles. The molecule has 118 valence electrons. The molecule has 0 saturated heterocycles. The van der Waals surface area contributed by atoms with Crippen molar-refractivity contribution in [2.75, 3.05) is 0 Å². The van der Waals surface area contributed by atoms with Crippen molar-refractivity contribution in [1.29, 1.82) is 0 Å². The Morgan fingerprint density at radius 3 is 1.92 bits per heavy atom. The highest BCUT2D eigenvalue weighted by Gasteiger charge is 2.09. The fourth-order valence-electron chi connectivity index (χ4n) is 2.16. The Morgan fingerprint density at radius 2 is 1.33 bits per heavy atom. The monoisotopic (exact) mass is 322 g/mol. The fraction of sp³-hybridized carbons (Fsp3) is 0. The summed E-state index contributed by atoms with van der Waals surface area (Å²) in [6, 6.07) is 12.1. The number of nitrogens with zero attached hydrogens (tertiary/aromatic N) is 4. The molecular weight excluding hydrogens is 312 g/mol. The van der Waals surface area contributed by atoms with E-state index in [-0.39, 0.29) is 11.4 Å². The third-order valence-corrected chi connectivity index (χ3v) is 3.38. The van der Waals surface area contributed by atoms with E-state index in [1.807, 2.05) is 0 Å². The summed E-state index contributed by atoms with van der Waals surface area (Å²) < 4.78 is 0. The largest absolute Gasteiger partial charge is 0.270 e. The molecule has 3 aromatic rings. The van der Waals surface area contributed by atoms with Crippen LogP contribution in [0.25, 0.3) is 22.5 Å². The van der Waals surface area contributed by atoms with Crippen LogP contribution in [0, 0.1) is 20.2 Å². The summed E-state index contributed by atoms with van der Waals surface area (Å²) in [7, 11) is 0. The number of hydrogen-bond acceptors (Lipinski definition) is 6. The van der Waals surface area contributed by atoms with Crippen molar-refractivity contribution in [3.8, 4) is 22.5 Å². The molecular formula is C16H10N4O4. The molecule has 0 fully saturated rings. The van der Waals surface area contributed by atoms with Crippen LogP contribution in [-0.2, 0) is 0 Å². The number of benzene rings is 2. The smallest absolute Gasteiger partial charge is 0.258 e. The average Bonchev–Trinajstić information content (AvgIpc) is 2.62. The Morgan fingerprint density at radius 1 is 0.708 bits per heavy atom. The van der Waals surface area contributed by atoms with Gasteiger partial charge in [0, 0.05) is 47.8 Å². The van der Waals surface area contributed by atoms with Crippen molar-refractivity contribution in [2.45, 2.75) is 0 Å². The molecule has 0 atom stereocenters. The van der Waals surface area contributed by atoms with E-state index in [1.165, 1.54) is 24.3 Å². The Hall–Kier alpha value is -3.68. The van der Waals surface area contributed by atoms with E-state index >= 15 is 0 Å². The second kappa shape index (κ2) is 6.21. The Balaban J connectivity index is 1.89. The molecule has 0 saturated carbocycles. The predicted molar refractivity (Wildman–Crippen MR) is 86.2 cm³/mol. The highest BCUT2D eigenvalue weighted by molar-refractivity contribution is 5.66. The van der Waals surface area contributed by atoms with Gasteiger partial charge in [-0.15, -0.1) is 0 Å². The molecule has 24 heavy (non-hydrogen) atoms. The summed E-state index contributed by atoms with van der Waals surface area (Å²) in [6.45, 7) is 0. The van der Waals surface area contributed by atoms with Crippen LogP contribution in [0.1, 0.15) is 0 Å². The van der Waals surface area contributed by atoms with E-state index in [0.717, 1.165) is 0 Å². The molecule has 3 rings (SSSR count). The van der Waals surface area contributed by atoms with Crippen molar-refractivity contribution >= 4 is 11.4 Å². The van der Waals surface area contributed by atoms with E-state index in [4.69, 9.17) is 0 Å². The van der Waals surface area contributed by atoms with Gasteiger partial charge in [-0.25, -0.2) is 9.97 Å². The normalized spacial score (nSPS) is 10.3. The van der Waals surface area contributed by atoms with Crippen molar-refractivity contribution in [2.24, 2.45) is 0 Å². The van der Waals surface area contributed by atoms with E-state index in [1.54, 1.807) is 36.7 Å². The molecule has 0 bridgehead atoms. The summed E-state index contributed by atoms with van der Waals surface area (Å²) in [5.74, 6) is 0.416. The Bertz CT molecular complexity index is 908. The van der Waals surface area contributed by atoms with Gasteiger partial charge in [-0.2, -0.15) is 0 Å². The molecule has 1 aromatic heterocycles. The summed E-state index contributed by atoms with van der Waals surface area (Å²) >= 11 is 0. The van der Waals surface area contributed by atoms with E-state index < -0.39 is 9.85 Å². The van der Waals surface area contributed by atoms with Gasteiger partial charge in [0.25, 0.3) is 11.4 Å². The zero-order chi connectivity index (χ0) is 17.1. The minimum absolute atomic E-state index is 0.00744. The van der Waals surface area contributed by atoms with Gasteiger partial charge < -0.3 is 0 Å². The third-order valence-electron chi connectivity index (χ3n) is 3.38. The molecule has 0 aliphatic rings. The van der Waals surface area contributed by atoms with Crippen molar-refractivity contribution < 1.29 is 9.85 Å². The van der Waals surface area contributed by atoms with Gasteiger partial charge >= 0.3 is 0 Å².